The number of aromatic nitrogens is 1. The number of carbonyl (C=O) groups excluding carboxylic acids is 1. The summed E-state index contributed by atoms with van der Waals surface area (Å²) in [5, 5.41) is 11.4. The fraction of sp³-hybridized carbons (Fsp3) is 0.364. The molecule has 0 fully saturated rings. The lowest BCUT2D eigenvalue weighted by atomic mass is 10.2. The Morgan fingerprint density at radius 3 is 2.94 bits per heavy atom. The smallest absolute Gasteiger partial charge is 0.251 e. The second kappa shape index (κ2) is 6.42. The summed E-state index contributed by atoms with van der Waals surface area (Å²) >= 11 is 0. The topological polar surface area (TPSA) is 110 Å². The van der Waals surface area contributed by atoms with Crippen molar-refractivity contribution in [2.45, 2.75) is 6.92 Å². The van der Waals surface area contributed by atoms with E-state index in [4.69, 9.17) is 15.7 Å². The number of hydrogen-bond donors (Lipinski definition) is 2. The van der Waals surface area contributed by atoms with Crippen LogP contribution in [-0.4, -0.2) is 31.2 Å². The predicted octanol–water partition coefficient (Wildman–Crippen LogP) is 0.519. The summed E-state index contributed by atoms with van der Waals surface area (Å²) < 4.78 is 9.87. The molecule has 3 N–H and O–H groups in total. The maximum absolute atomic E-state index is 11.3. The second-order valence-corrected chi connectivity index (χ2v) is 3.30. The van der Waals surface area contributed by atoms with Crippen molar-refractivity contribution in [3.05, 3.63) is 11.6 Å². The van der Waals surface area contributed by atoms with E-state index in [0.29, 0.717) is 6.61 Å². The van der Waals surface area contributed by atoms with Crippen molar-refractivity contribution in [3.8, 4) is 11.9 Å². The van der Waals surface area contributed by atoms with Crippen LogP contribution in [-0.2, 0) is 9.53 Å². The number of rotatable bonds is 5. The molecule has 7 heteroatoms. The van der Waals surface area contributed by atoms with Crippen LogP contribution in [0.15, 0.2) is 6.07 Å². The van der Waals surface area contributed by atoms with Gasteiger partial charge in [-0.2, -0.15) is 10.2 Å². The molecule has 0 aliphatic carbocycles. The first-order valence-corrected chi connectivity index (χ1v) is 5.24. The zero-order chi connectivity index (χ0) is 13.5. The number of nitriles is 1. The zero-order valence-electron chi connectivity index (χ0n) is 10.2. The van der Waals surface area contributed by atoms with Gasteiger partial charge in [-0.1, -0.05) is 0 Å². The molecule has 1 amide bonds. The molecule has 1 rings (SSSR count). The maximum Gasteiger partial charge on any atom is 0.251 e. The van der Waals surface area contributed by atoms with Gasteiger partial charge in [-0.3, -0.25) is 4.79 Å². The van der Waals surface area contributed by atoms with Gasteiger partial charge in [0, 0.05) is 13.2 Å². The van der Waals surface area contributed by atoms with Crippen LogP contribution >= 0.6 is 0 Å². The molecule has 18 heavy (non-hydrogen) atoms. The molecule has 96 valence electrons. The van der Waals surface area contributed by atoms with Gasteiger partial charge in [0.2, 0.25) is 5.88 Å². The van der Waals surface area contributed by atoms with E-state index >= 15 is 0 Å². The lowest BCUT2D eigenvalue weighted by Crippen LogP contribution is -2.18. The third-order valence-electron chi connectivity index (χ3n) is 1.95. The fourth-order valence-electron chi connectivity index (χ4n) is 1.27. The number of amides is 1. The number of carbonyl (C=O) groups is 1. The molecule has 0 spiro atoms. The Morgan fingerprint density at radius 1 is 1.67 bits per heavy atom. The summed E-state index contributed by atoms with van der Waals surface area (Å²) in [5.74, 6) is -0.0405. The van der Waals surface area contributed by atoms with Crippen LogP contribution in [0.3, 0.4) is 0 Å². The molecule has 0 atom stereocenters. The van der Waals surface area contributed by atoms with Gasteiger partial charge in [0.15, 0.2) is 0 Å². The molecule has 0 bridgehead atoms. The summed E-state index contributed by atoms with van der Waals surface area (Å²) in [7, 11) is 1.41. The lowest BCUT2D eigenvalue weighted by molar-refractivity contribution is -0.119. The van der Waals surface area contributed by atoms with Gasteiger partial charge < -0.3 is 20.5 Å². The highest BCUT2D eigenvalue weighted by atomic mass is 16.5. The zero-order valence-corrected chi connectivity index (χ0v) is 10.2. The Balaban J connectivity index is 3.01. The Kier molecular flexibility index (Phi) is 4.90. The Morgan fingerprint density at radius 2 is 2.39 bits per heavy atom. The summed E-state index contributed by atoms with van der Waals surface area (Å²) in [4.78, 5) is 15.3. The molecular weight excluding hydrogens is 236 g/mol. The van der Waals surface area contributed by atoms with Crippen molar-refractivity contribution in [1.29, 1.82) is 5.26 Å². The minimum absolute atomic E-state index is 0.0917. The Bertz CT molecular complexity index is 482. The highest BCUT2D eigenvalue weighted by Crippen LogP contribution is 2.24. The molecule has 0 aliphatic heterocycles. The van der Waals surface area contributed by atoms with Gasteiger partial charge in [0.25, 0.3) is 5.91 Å². The van der Waals surface area contributed by atoms with Crippen molar-refractivity contribution in [2.24, 2.45) is 0 Å². The maximum atomic E-state index is 11.3. The highest BCUT2D eigenvalue weighted by molar-refractivity contribution is 5.91. The Labute approximate surface area is 105 Å². The highest BCUT2D eigenvalue weighted by Gasteiger charge is 2.13. The van der Waals surface area contributed by atoms with Crippen LogP contribution in [0.4, 0.5) is 11.5 Å². The van der Waals surface area contributed by atoms with E-state index in [1.165, 1.54) is 13.2 Å². The van der Waals surface area contributed by atoms with Crippen LogP contribution in [0.2, 0.25) is 0 Å². The Hall–Kier alpha value is -2.33. The average Bonchev–Trinajstić information content (AvgIpc) is 2.29. The number of nitrogens with one attached hydrogen (secondary N) is 1. The molecule has 0 radical (unpaired) electrons. The van der Waals surface area contributed by atoms with Gasteiger partial charge in [-0.25, -0.2) is 0 Å². The van der Waals surface area contributed by atoms with Crippen LogP contribution in [0.25, 0.3) is 0 Å². The van der Waals surface area contributed by atoms with Crippen molar-refractivity contribution in [2.75, 3.05) is 31.4 Å². The van der Waals surface area contributed by atoms with E-state index < -0.39 is 0 Å². The number of methoxy groups -OCH3 is 1. The van der Waals surface area contributed by atoms with Crippen molar-refractivity contribution in [3.63, 3.8) is 0 Å². The number of nitrogens with two attached hydrogens (primary N) is 1. The van der Waals surface area contributed by atoms with Crippen molar-refractivity contribution >= 4 is 17.4 Å². The summed E-state index contributed by atoms with van der Waals surface area (Å²) in [6, 6.07) is 3.30. The van der Waals surface area contributed by atoms with Crippen LogP contribution < -0.4 is 15.8 Å². The molecule has 1 aromatic heterocycles. The minimum Gasteiger partial charge on any atom is -0.477 e. The van der Waals surface area contributed by atoms with E-state index in [-0.39, 0.29) is 35.5 Å². The number of ether oxygens (including phenoxy) is 2. The number of nitrogen functional groups attached to an aromatic ring is 1. The molecule has 7 nitrogen and oxygen atoms in total. The third-order valence-corrected chi connectivity index (χ3v) is 1.95. The standard InChI is InChI=1S/C11H14N4O3/c1-3-18-11-7(5-12)8(13)4-9(15-11)14-10(16)6-17-2/h4H,3,6H2,1-2H3,(H3,13,14,15,16). The number of hydrogen-bond acceptors (Lipinski definition) is 6. The summed E-state index contributed by atoms with van der Waals surface area (Å²) in [6.45, 7) is 2.01. The first-order valence-electron chi connectivity index (χ1n) is 5.24. The monoisotopic (exact) mass is 250 g/mol. The third kappa shape index (κ3) is 3.33. The first-order chi connectivity index (χ1) is 8.62. The van der Waals surface area contributed by atoms with Gasteiger partial charge in [-0.15, -0.1) is 0 Å². The largest absolute Gasteiger partial charge is 0.477 e. The first kappa shape index (κ1) is 13.7. The minimum atomic E-state index is -0.364. The van der Waals surface area contributed by atoms with Gasteiger partial charge >= 0.3 is 0 Å². The number of pyridine rings is 1. The lowest BCUT2D eigenvalue weighted by Gasteiger charge is -2.10. The molecule has 0 aromatic carbocycles. The molecule has 0 saturated carbocycles. The van der Waals surface area contributed by atoms with Gasteiger partial charge in [0.05, 0.1) is 12.3 Å². The van der Waals surface area contributed by atoms with E-state index in [2.05, 4.69) is 15.0 Å². The normalized spacial score (nSPS) is 9.61. The number of anilines is 2. The summed E-state index contributed by atoms with van der Waals surface area (Å²) in [5.41, 5.74) is 6.04. The van der Waals surface area contributed by atoms with E-state index in [1.54, 1.807) is 6.92 Å². The van der Waals surface area contributed by atoms with Crippen molar-refractivity contribution < 1.29 is 14.3 Å². The van der Waals surface area contributed by atoms with Gasteiger partial charge in [-0.05, 0) is 6.92 Å². The van der Waals surface area contributed by atoms with Crippen molar-refractivity contribution in [1.82, 2.24) is 4.98 Å². The van der Waals surface area contributed by atoms with E-state index in [1.807, 2.05) is 6.07 Å². The van der Waals surface area contributed by atoms with Crippen LogP contribution in [0.1, 0.15) is 12.5 Å². The fourth-order valence-corrected chi connectivity index (χ4v) is 1.27. The molecule has 0 aliphatic rings. The number of nitrogens with zero attached hydrogens (tertiary/aromatic N) is 2. The molecular formula is C11H14N4O3. The van der Waals surface area contributed by atoms with E-state index in [9.17, 15) is 4.79 Å². The average molecular weight is 250 g/mol. The van der Waals surface area contributed by atoms with Crippen LogP contribution in [0.5, 0.6) is 5.88 Å². The second-order valence-electron chi connectivity index (χ2n) is 3.30. The molecule has 1 heterocycles. The predicted molar refractivity (Wildman–Crippen MR) is 65.0 cm³/mol. The quantitative estimate of drug-likeness (QED) is 0.788. The van der Waals surface area contributed by atoms with Crippen LogP contribution in [0, 0.1) is 11.3 Å². The SMILES string of the molecule is CCOc1nc(NC(=O)COC)cc(N)c1C#N. The van der Waals surface area contributed by atoms with E-state index in [0.717, 1.165) is 0 Å². The molecule has 0 unspecified atom stereocenters. The summed E-state index contributed by atoms with van der Waals surface area (Å²) in [6.07, 6.45) is 0. The molecule has 0 saturated heterocycles. The van der Waals surface area contributed by atoms with Gasteiger partial charge in [0.1, 0.15) is 24.1 Å². The molecule has 1 aromatic rings.